The number of anilines is 1. The Morgan fingerprint density at radius 2 is 1.62 bits per heavy atom. The van der Waals surface area contributed by atoms with Crippen molar-refractivity contribution in [3.8, 4) is 0 Å². The van der Waals surface area contributed by atoms with Crippen LogP contribution in [0.1, 0.15) is 39.9 Å². The zero-order valence-electron chi connectivity index (χ0n) is 27.3. The van der Waals surface area contributed by atoms with E-state index in [1.54, 1.807) is 0 Å². The summed E-state index contributed by atoms with van der Waals surface area (Å²) in [6.45, 7) is 0. The molecule has 0 aliphatic carbocycles. The van der Waals surface area contributed by atoms with Crippen LogP contribution in [0.2, 0.25) is 0 Å². The summed E-state index contributed by atoms with van der Waals surface area (Å²) < 4.78 is 19.7. The minimum atomic E-state index is -4.07. The maximum atomic E-state index is 15.3. The Morgan fingerprint density at radius 1 is 1.02 bits per heavy atom. The van der Waals surface area contributed by atoms with Crippen molar-refractivity contribution in [2.75, 3.05) is 12.4 Å². The summed E-state index contributed by atoms with van der Waals surface area (Å²) in [6, 6.07) is 4.92. The molecule has 4 atom stereocenters. The third-order valence-corrected chi connectivity index (χ3v) is 9.04. The van der Waals surface area contributed by atoms with Gasteiger partial charge in [0.25, 0.3) is 23.6 Å². The monoisotopic (exact) mass is 706 g/mol. The van der Waals surface area contributed by atoms with Gasteiger partial charge in [-0.1, -0.05) is 6.07 Å². The van der Waals surface area contributed by atoms with Crippen molar-refractivity contribution in [2.24, 2.45) is 0 Å². The van der Waals surface area contributed by atoms with E-state index in [-0.39, 0.29) is 24.0 Å². The van der Waals surface area contributed by atoms with E-state index in [2.05, 4.69) is 15.4 Å². The molecule has 0 bridgehead atoms. The Balaban J connectivity index is 1.82. The van der Waals surface area contributed by atoms with Crippen LogP contribution in [0, 0.1) is 5.82 Å². The highest BCUT2D eigenvalue weighted by molar-refractivity contribution is 6.32. The topological polar surface area (TPSA) is 314 Å². The van der Waals surface area contributed by atoms with Gasteiger partial charge in [-0.3, -0.25) is 14.3 Å². The number of carbonyl (C=O) groups is 3. The number of likely N-dealkylation sites (N-methyl/N-ethyl adjacent to an activating group) is 1. The van der Waals surface area contributed by atoms with Gasteiger partial charge in [-0.05, 0) is 36.8 Å². The largest absolute Gasteiger partial charge is 0.375 e. The molecule has 1 fully saturated rings. The van der Waals surface area contributed by atoms with Gasteiger partial charge in [0.2, 0.25) is 5.91 Å². The van der Waals surface area contributed by atoms with E-state index >= 15 is 4.39 Å². The van der Waals surface area contributed by atoms with Gasteiger partial charge in [-0.15, -0.1) is 0 Å². The Hall–Kier alpha value is -3.48. The third-order valence-electron chi connectivity index (χ3n) is 9.04. The van der Waals surface area contributed by atoms with Crippen molar-refractivity contribution in [3.63, 3.8) is 0 Å². The number of nitrogens with one attached hydrogen (secondary N) is 2. The molecule has 19 nitrogen and oxygen atoms in total. The minimum Gasteiger partial charge on any atom is -0.375 e. The van der Waals surface area contributed by atoms with E-state index in [4.69, 9.17) is 0 Å². The lowest BCUT2D eigenvalue weighted by Gasteiger charge is -2.61. The molecule has 50 heavy (non-hydrogen) atoms. The average Bonchev–Trinajstić information content (AvgIpc) is 3.18. The van der Waals surface area contributed by atoms with Gasteiger partial charge in [0.15, 0.2) is 34.8 Å². The van der Waals surface area contributed by atoms with Crippen LogP contribution in [-0.2, 0) is 31.8 Å². The highest BCUT2D eigenvalue weighted by Crippen LogP contribution is 2.48. The molecule has 1 saturated heterocycles. The zero-order valence-corrected chi connectivity index (χ0v) is 27.3. The van der Waals surface area contributed by atoms with Gasteiger partial charge < -0.3 is 76.5 Å². The van der Waals surface area contributed by atoms with Crippen LogP contribution in [0.4, 0.5) is 10.1 Å². The van der Waals surface area contributed by atoms with Crippen LogP contribution in [0.5, 0.6) is 0 Å². The molecule has 2 aliphatic heterocycles. The Morgan fingerprint density at radius 3 is 2.18 bits per heavy atom. The molecule has 4 unspecified atom stereocenters. The predicted molar refractivity (Wildman–Crippen MR) is 172 cm³/mol. The molecule has 2 aromatic carbocycles. The lowest BCUT2D eigenvalue weighted by molar-refractivity contribution is -0.592. The first-order valence-electron chi connectivity index (χ1n) is 14.8. The summed E-state index contributed by atoms with van der Waals surface area (Å²) >= 11 is 0. The van der Waals surface area contributed by atoms with Crippen LogP contribution in [0.3, 0.4) is 0 Å². The molecule has 2 aliphatic rings. The van der Waals surface area contributed by atoms with Gasteiger partial charge in [-0.25, -0.2) is 4.39 Å². The number of ether oxygens (including phenoxy) is 1. The predicted octanol–water partition coefficient (Wildman–Crippen LogP) is -9.46. The van der Waals surface area contributed by atoms with Crippen LogP contribution in [0.15, 0.2) is 36.4 Å². The van der Waals surface area contributed by atoms with Crippen molar-refractivity contribution < 1.29 is 79.7 Å². The second-order valence-corrected chi connectivity index (χ2v) is 12.8. The summed E-state index contributed by atoms with van der Waals surface area (Å²) in [5, 5.41) is 124. The van der Waals surface area contributed by atoms with Crippen LogP contribution in [0.25, 0.3) is 0 Å². The molecule has 268 valence electrons. The first kappa shape index (κ1) is 39.3. The lowest BCUT2D eigenvalue weighted by Crippen LogP contribution is -2.87. The average molecular weight is 706 g/mol. The molecule has 0 aromatic heterocycles. The summed E-state index contributed by atoms with van der Waals surface area (Å²) in [4.78, 5) is 38.1. The van der Waals surface area contributed by atoms with Crippen LogP contribution >= 0.6 is 0 Å². The van der Waals surface area contributed by atoms with Gasteiger partial charge in [0.1, 0.15) is 25.6 Å². The van der Waals surface area contributed by atoms with E-state index in [0.717, 1.165) is 18.8 Å². The number of aliphatic hydroxyl groups is 11. The number of hydrogen-bond donors (Lipinski definition) is 13. The molecule has 2 heterocycles. The highest BCUT2D eigenvalue weighted by atomic mass is 19.1. The van der Waals surface area contributed by atoms with Crippen molar-refractivity contribution in [1.82, 2.24) is 15.1 Å². The highest BCUT2D eigenvalue weighted by Gasteiger charge is 2.74. The van der Waals surface area contributed by atoms with Gasteiger partial charge in [0, 0.05) is 35.8 Å². The maximum Gasteiger partial charge on any atom is 0.316 e. The lowest BCUT2D eigenvalue weighted by atomic mass is 9.68. The molecule has 0 saturated carbocycles. The second kappa shape index (κ2) is 12.1. The van der Waals surface area contributed by atoms with Gasteiger partial charge >= 0.3 is 5.97 Å². The second-order valence-electron chi connectivity index (χ2n) is 12.8. The fourth-order valence-electron chi connectivity index (χ4n) is 6.42. The maximum absolute atomic E-state index is 15.3. The number of morpholine rings is 1. The number of halogens is 1. The van der Waals surface area contributed by atoms with Crippen molar-refractivity contribution in [3.05, 3.63) is 64.5 Å². The van der Waals surface area contributed by atoms with Crippen molar-refractivity contribution >= 4 is 55.2 Å². The SMILES string of the molecule is BC(CCC=O)(C(=O)NC)N1C(=O)c2cccc(NC(O)(O)c3cc(C(O)(O)N4C(B)(O)C(O)(O)OC(B)(O)C4(O)O)ccc3F)c2C1(B)O. The van der Waals surface area contributed by atoms with Crippen molar-refractivity contribution in [1.29, 1.82) is 0 Å². The summed E-state index contributed by atoms with van der Waals surface area (Å²) in [6.07, 6.45) is 0.0756. The number of carbonyl (C=O) groups excluding carboxylic acids is 3. The number of hydrogen-bond acceptors (Lipinski definition) is 17. The Kier molecular flexibility index (Phi) is 9.48. The van der Waals surface area contributed by atoms with Crippen molar-refractivity contribution in [2.45, 2.75) is 58.9 Å². The van der Waals surface area contributed by atoms with Crippen LogP contribution < -0.4 is 10.6 Å². The van der Waals surface area contributed by atoms with E-state index in [9.17, 15) is 70.6 Å². The Bertz CT molecular complexity index is 1700. The molecule has 2 aromatic rings. The summed E-state index contributed by atoms with van der Waals surface area (Å²) in [7, 11) is 4.52. The van der Waals surface area contributed by atoms with E-state index in [1.807, 2.05) is 0 Å². The quantitative estimate of drug-likeness (QED) is 0.0620. The smallest absolute Gasteiger partial charge is 0.316 e. The third kappa shape index (κ3) is 5.71. The van der Waals surface area contributed by atoms with E-state index in [1.165, 1.54) is 27.0 Å². The fourth-order valence-corrected chi connectivity index (χ4v) is 6.42. The zero-order chi connectivity index (χ0) is 38.3. The Labute approximate surface area is 285 Å². The first-order chi connectivity index (χ1) is 22.6. The number of amides is 2. The number of nitrogens with zero attached hydrogens (tertiary/aromatic N) is 2. The molecular formula is C26H35B4FN4O15. The summed E-state index contributed by atoms with van der Waals surface area (Å²) in [5.74, 6) is -18.8. The normalized spacial score (nSPS) is 27.7. The molecule has 0 radical (unpaired) electrons. The van der Waals surface area contributed by atoms with E-state index in [0.29, 0.717) is 40.2 Å². The molecule has 13 N–H and O–H groups in total. The molecule has 4 rings (SSSR count). The number of benzene rings is 2. The standard InChI is InChI=1S/C26H35B4FN4O15/c1-32-18(38)19(27,8-3-9-36)34-17(37)12-4-2-5-15(16(12)20(34,28)39)33-21(40,41)13-10-11(6-7-14(13)31)22(42,43)35-23(29,44)26(48,49)50-24(30,45)25(35,46)47/h2,4-7,9-10,33,39-49H,3,8,27-30H2,1H3,(H,32,38). The molecular weight excluding hydrogens is 671 g/mol. The van der Waals surface area contributed by atoms with Gasteiger partial charge in [0.05, 0.1) is 11.0 Å². The van der Waals surface area contributed by atoms with Gasteiger partial charge in [-0.2, -0.15) is 4.90 Å². The molecule has 24 heteroatoms. The number of fused-ring (bicyclic) bond motifs is 1. The number of aldehydes is 1. The minimum absolute atomic E-state index is 0.197. The molecule has 2 amide bonds. The van der Waals surface area contributed by atoms with E-state index < -0.39 is 85.4 Å². The fraction of sp³-hybridized carbons (Fsp3) is 0.423. The summed E-state index contributed by atoms with van der Waals surface area (Å²) in [5.41, 5.74) is -14.6. The van der Waals surface area contributed by atoms with Crippen LogP contribution in [-0.4, -0.2) is 151 Å². The molecule has 0 spiro atoms. The first-order valence-corrected chi connectivity index (χ1v) is 14.8. The number of rotatable bonds is 10.